The number of hydrogen-bond acceptors (Lipinski definition) is 5. The molecular formula is C36H39ClFN3O5S. The molecule has 0 saturated carbocycles. The minimum atomic E-state index is -4.35. The minimum Gasteiger partial charge on any atom is -0.494 e. The van der Waals surface area contributed by atoms with Crippen molar-refractivity contribution in [2.24, 2.45) is 0 Å². The lowest BCUT2D eigenvalue weighted by molar-refractivity contribution is -0.140. The first-order chi connectivity index (χ1) is 22.3. The molecule has 0 heterocycles. The topological polar surface area (TPSA) is 96.0 Å². The van der Waals surface area contributed by atoms with Gasteiger partial charge >= 0.3 is 0 Å². The molecule has 0 fully saturated rings. The Morgan fingerprint density at radius 1 is 0.894 bits per heavy atom. The number of carbonyl (C=O) groups is 2. The van der Waals surface area contributed by atoms with Crippen LogP contribution in [0.5, 0.6) is 5.75 Å². The van der Waals surface area contributed by atoms with Crippen LogP contribution in [0.4, 0.5) is 10.1 Å². The highest BCUT2D eigenvalue weighted by molar-refractivity contribution is 7.92. The number of nitrogens with zero attached hydrogens (tertiary/aromatic N) is 2. The molecule has 8 nitrogen and oxygen atoms in total. The Morgan fingerprint density at radius 3 is 2.13 bits per heavy atom. The van der Waals surface area contributed by atoms with Gasteiger partial charge in [0.2, 0.25) is 11.8 Å². The van der Waals surface area contributed by atoms with Crippen molar-refractivity contribution in [3.63, 3.8) is 0 Å². The Hall–Kier alpha value is -4.41. The maximum absolute atomic E-state index is 14.5. The van der Waals surface area contributed by atoms with Crippen LogP contribution in [0.2, 0.25) is 5.02 Å². The summed E-state index contributed by atoms with van der Waals surface area (Å²) in [7, 11) is -4.35. The molecule has 2 amide bonds. The molecule has 0 aromatic heterocycles. The van der Waals surface area contributed by atoms with Crippen molar-refractivity contribution in [2.45, 2.75) is 57.1 Å². The van der Waals surface area contributed by atoms with E-state index in [-0.39, 0.29) is 23.5 Å². The largest absolute Gasteiger partial charge is 0.494 e. The molecule has 11 heteroatoms. The van der Waals surface area contributed by atoms with Gasteiger partial charge in [-0.2, -0.15) is 0 Å². The normalized spacial score (nSPS) is 12.2. The number of amides is 2. The van der Waals surface area contributed by atoms with Gasteiger partial charge in [0, 0.05) is 23.5 Å². The number of halogens is 2. The molecule has 1 unspecified atom stereocenters. The van der Waals surface area contributed by atoms with Crippen LogP contribution in [0.15, 0.2) is 108 Å². The molecular weight excluding hydrogens is 641 g/mol. The summed E-state index contributed by atoms with van der Waals surface area (Å²) in [5.74, 6) is -1.13. The van der Waals surface area contributed by atoms with Crippen molar-refractivity contribution >= 4 is 39.1 Å². The van der Waals surface area contributed by atoms with Gasteiger partial charge in [-0.1, -0.05) is 54.1 Å². The lowest BCUT2D eigenvalue weighted by Gasteiger charge is -2.35. The summed E-state index contributed by atoms with van der Waals surface area (Å²) in [5, 5.41) is 3.43. The number of nitrogens with one attached hydrogen (secondary N) is 1. The summed E-state index contributed by atoms with van der Waals surface area (Å²) in [4.78, 5) is 29.7. The molecule has 0 aliphatic heterocycles. The predicted octanol–water partition coefficient (Wildman–Crippen LogP) is 6.63. The molecule has 4 aromatic rings. The molecule has 0 spiro atoms. The molecule has 0 aliphatic rings. The molecule has 47 heavy (non-hydrogen) atoms. The van der Waals surface area contributed by atoms with Crippen molar-refractivity contribution in [3.8, 4) is 5.75 Å². The fourth-order valence-electron chi connectivity index (χ4n) is 4.98. The molecule has 0 saturated heterocycles. The highest BCUT2D eigenvalue weighted by atomic mass is 35.5. The second-order valence-electron chi connectivity index (χ2n) is 12.0. The standard InChI is InChI=1S/C36H39ClFN3O5S/c1-5-46-31-18-20-32(21-19-31)47(44,45)41(30-16-14-29(38)15-17-30)25-34(42)40(24-27-12-9-13-28(37)22-27)33(35(43)39-36(2,3)4)23-26-10-7-6-8-11-26/h6-22,33H,5,23-25H2,1-4H3,(H,39,43). The van der Waals surface area contributed by atoms with Crippen LogP contribution >= 0.6 is 11.6 Å². The van der Waals surface area contributed by atoms with E-state index in [0.717, 1.165) is 22.0 Å². The Kier molecular flexibility index (Phi) is 11.7. The number of benzene rings is 4. The van der Waals surface area contributed by atoms with Gasteiger partial charge in [0.1, 0.15) is 24.2 Å². The fraction of sp³-hybridized carbons (Fsp3) is 0.278. The Morgan fingerprint density at radius 2 is 1.53 bits per heavy atom. The van der Waals surface area contributed by atoms with Gasteiger partial charge in [0.05, 0.1) is 17.2 Å². The van der Waals surface area contributed by atoms with Gasteiger partial charge in [0.25, 0.3) is 10.0 Å². The molecule has 4 rings (SSSR count). The third-order valence-electron chi connectivity index (χ3n) is 7.13. The fourth-order valence-corrected chi connectivity index (χ4v) is 6.60. The van der Waals surface area contributed by atoms with Gasteiger partial charge in [-0.15, -0.1) is 0 Å². The molecule has 1 atom stereocenters. The molecule has 248 valence electrons. The molecule has 1 N–H and O–H groups in total. The van der Waals surface area contributed by atoms with Crippen LogP contribution in [0, 0.1) is 5.82 Å². The van der Waals surface area contributed by atoms with Crippen molar-refractivity contribution < 1.29 is 27.1 Å². The number of ether oxygens (including phenoxy) is 1. The number of carbonyl (C=O) groups excluding carboxylic acids is 2. The van der Waals surface area contributed by atoms with Crippen molar-refractivity contribution in [1.82, 2.24) is 10.2 Å². The van der Waals surface area contributed by atoms with Gasteiger partial charge in [-0.25, -0.2) is 12.8 Å². The SMILES string of the molecule is CCOc1ccc(S(=O)(=O)N(CC(=O)N(Cc2cccc(Cl)c2)C(Cc2ccccc2)C(=O)NC(C)(C)C)c2ccc(F)cc2)cc1. The first kappa shape index (κ1) is 35.4. The highest BCUT2D eigenvalue weighted by Crippen LogP contribution is 2.27. The zero-order valence-electron chi connectivity index (χ0n) is 26.8. The van der Waals surface area contributed by atoms with E-state index >= 15 is 0 Å². The molecule has 0 bridgehead atoms. The summed E-state index contributed by atoms with van der Waals surface area (Å²) in [6.45, 7) is 7.03. The number of rotatable bonds is 13. The monoisotopic (exact) mass is 679 g/mol. The summed E-state index contributed by atoms with van der Waals surface area (Å²) >= 11 is 6.29. The quantitative estimate of drug-likeness (QED) is 0.171. The first-order valence-corrected chi connectivity index (χ1v) is 17.0. The van der Waals surface area contributed by atoms with Crippen LogP contribution in [0.25, 0.3) is 0 Å². The van der Waals surface area contributed by atoms with E-state index in [1.54, 1.807) is 24.3 Å². The number of hydrogen-bond donors (Lipinski definition) is 1. The first-order valence-electron chi connectivity index (χ1n) is 15.2. The lowest BCUT2D eigenvalue weighted by Crippen LogP contribution is -2.56. The lowest BCUT2D eigenvalue weighted by atomic mass is 10.0. The maximum atomic E-state index is 14.5. The zero-order chi connectivity index (χ0) is 34.2. The predicted molar refractivity (Wildman–Crippen MR) is 182 cm³/mol. The molecule has 4 aromatic carbocycles. The summed E-state index contributed by atoms with van der Waals surface area (Å²) < 4.78 is 48.7. The Labute approximate surface area is 281 Å². The van der Waals surface area contributed by atoms with E-state index in [9.17, 15) is 22.4 Å². The van der Waals surface area contributed by atoms with Gasteiger partial charge in [-0.05, 0) is 99.5 Å². The number of anilines is 1. The number of sulfonamides is 1. The molecule has 0 aliphatic carbocycles. The minimum absolute atomic E-state index is 0.0329. The van der Waals surface area contributed by atoms with E-state index in [1.807, 2.05) is 58.0 Å². The van der Waals surface area contributed by atoms with E-state index in [0.29, 0.717) is 22.9 Å². The van der Waals surface area contributed by atoms with Gasteiger partial charge in [0.15, 0.2) is 0 Å². The van der Waals surface area contributed by atoms with Crippen LogP contribution in [0.3, 0.4) is 0 Å². The second kappa shape index (κ2) is 15.5. The summed E-state index contributed by atoms with van der Waals surface area (Å²) in [6.07, 6.45) is 0.164. The Balaban J connectivity index is 1.81. The van der Waals surface area contributed by atoms with E-state index in [2.05, 4.69) is 5.32 Å². The zero-order valence-corrected chi connectivity index (χ0v) is 28.4. The molecule has 0 radical (unpaired) electrons. The van der Waals surface area contributed by atoms with Crippen LogP contribution in [-0.4, -0.2) is 49.9 Å². The van der Waals surface area contributed by atoms with Crippen molar-refractivity contribution in [1.29, 1.82) is 0 Å². The third kappa shape index (κ3) is 9.79. The second-order valence-corrected chi connectivity index (χ2v) is 14.3. The maximum Gasteiger partial charge on any atom is 0.264 e. The van der Waals surface area contributed by atoms with Gasteiger partial charge < -0.3 is 15.0 Å². The Bertz CT molecular complexity index is 1760. The van der Waals surface area contributed by atoms with Gasteiger partial charge in [-0.3, -0.25) is 13.9 Å². The van der Waals surface area contributed by atoms with Crippen LogP contribution in [-0.2, 0) is 32.6 Å². The van der Waals surface area contributed by atoms with E-state index < -0.39 is 45.8 Å². The van der Waals surface area contributed by atoms with Crippen LogP contribution in [0.1, 0.15) is 38.8 Å². The van der Waals surface area contributed by atoms with Crippen molar-refractivity contribution in [2.75, 3.05) is 17.5 Å². The van der Waals surface area contributed by atoms with E-state index in [1.165, 1.54) is 41.3 Å². The summed E-state index contributed by atoms with van der Waals surface area (Å²) in [5.41, 5.74) is 0.918. The average Bonchev–Trinajstić information content (AvgIpc) is 3.02. The smallest absolute Gasteiger partial charge is 0.264 e. The average molecular weight is 680 g/mol. The van der Waals surface area contributed by atoms with Crippen molar-refractivity contribution in [3.05, 3.63) is 125 Å². The van der Waals surface area contributed by atoms with Crippen LogP contribution < -0.4 is 14.4 Å². The highest BCUT2D eigenvalue weighted by Gasteiger charge is 2.35. The third-order valence-corrected chi connectivity index (χ3v) is 9.15. The summed E-state index contributed by atoms with van der Waals surface area (Å²) in [6, 6.07) is 25.8. The van der Waals surface area contributed by atoms with E-state index in [4.69, 9.17) is 16.3 Å².